The Hall–Kier alpha value is -1.40. The molecule has 0 aliphatic carbocycles. The van der Waals surface area contributed by atoms with Gasteiger partial charge in [0.1, 0.15) is 15.7 Å². The maximum absolute atomic E-state index is 13.0. The van der Waals surface area contributed by atoms with Crippen LogP contribution in [0.1, 0.15) is 38.5 Å². The van der Waals surface area contributed by atoms with Crippen molar-refractivity contribution in [1.82, 2.24) is 15.1 Å². The molecule has 2 atom stereocenters. The number of carbonyl (C=O) groups is 2. The molecule has 0 aromatic heterocycles. The third-order valence-corrected chi connectivity index (χ3v) is 8.16. The lowest BCUT2D eigenvalue weighted by atomic mass is 9.28. The van der Waals surface area contributed by atoms with Gasteiger partial charge in [-0.25, -0.2) is 4.79 Å². The zero-order valence-electron chi connectivity index (χ0n) is 18.7. The van der Waals surface area contributed by atoms with Crippen LogP contribution in [0.4, 0.5) is 4.79 Å². The Morgan fingerprint density at radius 1 is 1.17 bits per heavy atom. The van der Waals surface area contributed by atoms with E-state index >= 15 is 0 Å². The van der Waals surface area contributed by atoms with Crippen molar-refractivity contribution < 1.29 is 14.3 Å². The van der Waals surface area contributed by atoms with Crippen molar-refractivity contribution in [2.75, 3.05) is 19.6 Å². The van der Waals surface area contributed by atoms with Crippen LogP contribution in [0, 0.1) is 5.41 Å². The summed E-state index contributed by atoms with van der Waals surface area (Å²) in [5, 5.41) is 2.39. The van der Waals surface area contributed by atoms with Crippen molar-refractivity contribution >= 4 is 51.2 Å². The minimum atomic E-state index is -0.512. The Bertz CT molecular complexity index is 731. The lowest BCUT2D eigenvalue weighted by molar-refractivity contribution is -0.119. The molecule has 152 valence electrons. The van der Waals surface area contributed by atoms with Crippen molar-refractivity contribution in [2.45, 2.75) is 61.1 Å². The van der Waals surface area contributed by atoms with Crippen LogP contribution < -0.4 is 5.32 Å². The molecule has 2 amide bonds. The van der Waals surface area contributed by atoms with Gasteiger partial charge in [-0.15, -0.1) is 0 Å². The maximum Gasteiger partial charge on any atom is 0.409 e. The van der Waals surface area contributed by atoms with Gasteiger partial charge in [-0.2, -0.15) is 0 Å². The van der Waals surface area contributed by atoms with Crippen LogP contribution in [0.5, 0.6) is 0 Å². The van der Waals surface area contributed by atoms with Crippen molar-refractivity contribution in [3.63, 3.8) is 0 Å². The van der Waals surface area contributed by atoms with E-state index in [0.717, 1.165) is 51.7 Å². The smallest absolute Gasteiger partial charge is 0.409 e. The Kier molecular flexibility index (Phi) is 5.10. The first-order valence-corrected chi connectivity index (χ1v) is 11.2. The summed E-state index contributed by atoms with van der Waals surface area (Å²) in [6.07, 6.45) is 7.97. The molecule has 6 nitrogen and oxygen atoms in total. The molecule has 0 radical (unpaired) electrons. The number of amides is 2. The van der Waals surface area contributed by atoms with Crippen LogP contribution in [0.25, 0.3) is 0 Å². The quantitative estimate of drug-likeness (QED) is 0.513. The Labute approximate surface area is 178 Å². The van der Waals surface area contributed by atoms with Gasteiger partial charge in [0.05, 0.1) is 29.6 Å². The second kappa shape index (κ2) is 7.09. The van der Waals surface area contributed by atoms with Crippen molar-refractivity contribution in [3.05, 3.63) is 11.8 Å². The molecule has 3 fully saturated rings. The summed E-state index contributed by atoms with van der Waals surface area (Å²) in [7, 11) is 10.3. The molecule has 2 bridgehead atoms. The number of fused-ring (bicyclic) bond motifs is 2. The average Bonchev–Trinajstić information content (AvgIpc) is 3.11. The zero-order valence-corrected chi connectivity index (χ0v) is 18.7. The molecule has 0 aromatic rings. The second-order valence-electron chi connectivity index (χ2n) is 11.1. The minimum absolute atomic E-state index is 0.112. The highest BCUT2D eigenvalue weighted by molar-refractivity contribution is 6.67. The molecule has 1 N–H and O–H groups in total. The molecule has 29 heavy (non-hydrogen) atoms. The largest absolute Gasteiger partial charge is 0.463 e. The number of likely N-dealkylation sites (tertiary alicyclic amines) is 1. The van der Waals surface area contributed by atoms with Crippen LogP contribution >= 0.6 is 0 Å². The van der Waals surface area contributed by atoms with E-state index < -0.39 is 5.40 Å². The third kappa shape index (κ3) is 3.86. The van der Waals surface area contributed by atoms with Gasteiger partial charge in [0.15, 0.2) is 0 Å². The molecule has 4 aliphatic rings. The van der Waals surface area contributed by atoms with E-state index in [2.05, 4.69) is 39.8 Å². The van der Waals surface area contributed by atoms with Crippen LogP contribution in [0.3, 0.4) is 0 Å². The molecule has 0 saturated carbocycles. The maximum atomic E-state index is 13.0. The highest BCUT2D eigenvalue weighted by atomic mass is 16.6. The lowest BCUT2D eigenvalue weighted by Gasteiger charge is -2.45. The van der Waals surface area contributed by atoms with Crippen molar-refractivity contribution in [2.24, 2.45) is 5.41 Å². The van der Waals surface area contributed by atoms with Crippen LogP contribution in [0.15, 0.2) is 11.8 Å². The Morgan fingerprint density at radius 2 is 1.86 bits per heavy atom. The van der Waals surface area contributed by atoms with Gasteiger partial charge >= 0.3 is 6.09 Å². The summed E-state index contributed by atoms with van der Waals surface area (Å²) in [5.74, 6) is 0.209. The number of rotatable bonds is 3. The van der Waals surface area contributed by atoms with Gasteiger partial charge in [0.25, 0.3) is 0 Å². The number of hydrogen-bond acceptors (Lipinski definition) is 4. The van der Waals surface area contributed by atoms with Gasteiger partial charge in [0.2, 0.25) is 5.91 Å². The standard InChI is InChI=1S/C18H32B5N3O3/c19-17(20,21)18(22,23)29-15(28)26-11-1-2-12(26)8-13(7-11)25-5-3-16(4-6-25)9-14(27)24-10-16/h7,11-12H,1-6,8-10,19-23H2,(H,24,27). The number of hydrogen-bond donors (Lipinski definition) is 1. The van der Waals surface area contributed by atoms with E-state index in [-0.39, 0.29) is 34.6 Å². The molecule has 4 rings (SSSR count). The minimum Gasteiger partial charge on any atom is -0.463 e. The predicted molar refractivity (Wildman–Crippen MR) is 127 cm³/mol. The van der Waals surface area contributed by atoms with Gasteiger partial charge in [-0.3, -0.25) is 9.69 Å². The van der Waals surface area contributed by atoms with Gasteiger partial charge in [0, 0.05) is 49.6 Å². The van der Waals surface area contributed by atoms with E-state index in [1.165, 1.54) is 5.70 Å². The van der Waals surface area contributed by atoms with Crippen molar-refractivity contribution in [3.8, 4) is 0 Å². The topological polar surface area (TPSA) is 61.9 Å². The first kappa shape index (κ1) is 20.9. The first-order chi connectivity index (χ1) is 13.5. The molecular formula is C18H32B5N3O3. The number of nitrogens with zero attached hydrogens (tertiary/aromatic N) is 2. The van der Waals surface area contributed by atoms with E-state index in [1.807, 2.05) is 20.6 Å². The van der Waals surface area contributed by atoms with E-state index in [9.17, 15) is 9.59 Å². The summed E-state index contributed by atoms with van der Waals surface area (Å²) in [4.78, 5) is 29.2. The van der Waals surface area contributed by atoms with Crippen LogP contribution in [0.2, 0.25) is 5.11 Å². The molecule has 1 spiro atoms. The average molecular weight is 393 g/mol. The fourth-order valence-electron chi connectivity index (χ4n) is 5.12. The number of ether oxygens (including phenoxy) is 1. The molecule has 4 heterocycles. The van der Waals surface area contributed by atoms with Gasteiger partial charge < -0.3 is 15.0 Å². The van der Waals surface area contributed by atoms with Crippen LogP contribution in [-0.2, 0) is 9.53 Å². The molecule has 11 heteroatoms. The summed E-state index contributed by atoms with van der Waals surface area (Å²) in [5.41, 5.74) is 1.57. The highest BCUT2D eigenvalue weighted by Gasteiger charge is 2.46. The summed E-state index contributed by atoms with van der Waals surface area (Å²) in [6, 6.07) is 0.395. The lowest BCUT2D eigenvalue weighted by Crippen LogP contribution is -2.54. The molecule has 3 saturated heterocycles. The molecule has 2 unspecified atom stereocenters. The van der Waals surface area contributed by atoms with E-state index in [1.54, 1.807) is 0 Å². The summed E-state index contributed by atoms with van der Waals surface area (Å²) >= 11 is 0. The Balaban J connectivity index is 1.40. The first-order valence-electron chi connectivity index (χ1n) is 11.2. The van der Waals surface area contributed by atoms with E-state index in [0.29, 0.717) is 6.42 Å². The fraction of sp³-hybridized carbons (Fsp3) is 0.778. The highest BCUT2D eigenvalue weighted by Crippen LogP contribution is 2.42. The van der Waals surface area contributed by atoms with E-state index in [4.69, 9.17) is 4.74 Å². The predicted octanol–water partition coefficient (Wildman–Crippen LogP) is -3.26. The zero-order chi connectivity index (χ0) is 21.0. The van der Waals surface area contributed by atoms with Gasteiger partial charge in [-0.05, 0) is 37.2 Å². The molecular weight excluding hydrogens is 360 g/mol. The second-order valence-corrected chi connectivity index (χ2v) is 11.1. The SMILES string of the molecule is BC(B)(B)C(B)(B)OC(=O)N1C2C=C(N3CCC4(CC3)CNC(=O)C4)CC1CC2. The monoisotopic (exact) mass is 393 g/mol. The summed E-state index contributed by atoms with van der Waals surface area (Å²) in [6.45, 7) is 2.87. The van der Waals surface area contributed by atoms with Crippen molar-refractivity contribution in [1.29, 1.82) is 0 Å². The number of carbonyl (C=O) groups excluding carboxylic acids is 2. The number of nitrogens with one attached hydrogen (secondary N) is 1. The van der Waals surface area contributed by atoms with Gasteiger partial charge in [-0.1, -0.05) is 5.11 Å². The normalized spacial score (nSPS) is 29.0. The Morgan fingerprint density at radius 3 is 2.41 bits per heavy atom. The fourth-order valence-corrected chi connectivity index (χ4v) is 5.12. The summed E-state index contributed by atoms with van der Waals surface area (Å²) < 4.78 is 5.98. The van der Waals surface area contributed by atoms with Crippen LogP contribution in [-0.4, -0.2) is 98.1 Å². The molecule has 0 aromatic carbocycles. The number of piperidine rings is 1. The third-order valence-electron chi connectivity index (χ3n) is 8.16. The molecule has 4 aliphatic heterocycles.